The fourth-order valence-electron chi connectivity index (χ4n) is 1.38. The molecular weight excluding hydrogens is 261 g/mol. The Kier molecular flexibility index (Phi) is 2.88. The van der Waals surface area contributed by atoms with Gasteiger partial charge in [0.05, 0.1) is 18.6 Å². The van der Waals surface area contributed by atoms with Gasteiger partial charge in [0.1, 0.15) is 5.82 Å². The van der Waals surface area contributed by atoms with E-state index in [4.69, 9.17) is 10.2 Å². The van der Waals surface area contributed by atoms with Gasteiger partial charge in [-0.1, -0.05) is 15.9 Å². The van der Waals surface area contributed by atoms with Crippen molar-refractivity contribution in [3.05, 3.63) is 58.2 Å². The highest BCUT2D eigenvalue weighted by Gasteiger charge is 2.13. The summed E-state index contributed by atoms with van der Waals surface area (Å²) in [5, 5.41) is 0. The largest absolute Gasteiger partial charge is 0.472 e. The van der Waals surface area contributed by atoms with Crippen molar-refractivity contribution in [3.8, 4) is 0 Å². The summed E-state index contributed by atoms with van der Waals surface area (Å²) in [6.07, 6.45) is 3.10. The third-order valence-corrected chi connectivity index (χ3v) is 2.92. The maximum Gasteiger partial charge on any atom is 0.123 e. The fraction of sp³-hybridized carbons (Fsp3) is 0.0909. The van der Waals surface area contributed by atoms with Crippen LogP contribution in [0.3, 0.4) is 0 Å². The van der Waals surface area contributed by atoms with E-state index in [1.807, 2.05) is 0 Å². The van der Waals surface area contributed by atoms with Crippen molar-refractivity contribution in [2.75, 3.05) is 0 Å². The third-order valence-electron chi connectivity index (χ3n) is 2.20. The highest BCUT2D eigenvalue weighted by molar-refractivity contribution is 9.10. The van der Waals surface area contributed by atoms with Crippen LogP contribution in [0.25, 0.3) is 0 Å². The summed E-state index contributed by atoms with van der Waals surface area (Å²) >= 11 is 3.34. The molecule has 0 aliphatic rings. The van der Waals surface area contributed by atoms with Crippen LogP contribution < -0.4 is 5.73 Å². The van der Waals surface area contributed by atoms with Crippen LogP contribution in [-0.2, 0) is 0 Å². The normalized spacial score (nSPS) is 12.7. The molecule has 0 aliphatic carbocycles. The van der Waals surface area contributed by atoms with E-state index < -0.39 is 0 Å². The zero-order chi connectivity index (χ0) is 10.8. The number of hydrogen-bond donors (Lipinski definition) is 1. The molecule has 0 bridgehead atoms. The lowest BCUT2D eigenvalue weighted by molar-refractivity contribution is 0.561. The highest BCUT2D eigenvalue weighted by Crippen LogP contribution is 2.27. The van der Waals surface area contributed by atoms with Crippen molar-refractivity contribution < 1.29 is 8.81 Å². The Labute approximate surface area is 95.0 Å². The smallest absolute Gasteiger partial charge is 0.123 e. The Bertz CT molecular complexity index is 456. The Balaban J connectivity index is 2.41. The summed E-state index contributed by atoms with van der Waals surface area (Å²) in [5.74, 6) is -0.299. The summed E-state index contributed by atoms with van der Waals surface area (Å²) in [7, 11) is 0. The summed E-state index contributed by atoms with van der Waals surface area (Å²) in [6.45, 7) is 0. The first kappa shape index (κ1) is 10.4. The lowest BCUT2D eigenvalue weighted by Gasteiger charge is -2.11. The van der Waals surface area contributed by atoms with E-state index in [0.29, 0.717) is 5.56 Å². The van der Waals surface area contributed by atoms with E-state index >= 15 is 0 Å². The predicted molar refractivity (Wildman–Crippen MR) is 58.8 cm³/mol. The number of hydrogen-bond acceptors (Lipinski definition) is 2. The van der Waals surface area contributed by atoms with E-state index in [1.165, 1.54) is 12.1 Å². The van der Waals surface area contributed by atoms with Crippen LogP contribution >= 0.6 is 15.9 Å². The van der Waals surface area contributed by atoms with E-state index in [9.17, 15) is 4.39 Å². The number of benzene rings is 1. The van der Waals surface area contributed by atoms with Crippen molar-refractivity contribution >= 4 is 15.9 Å². The topological polar surface area (TPSA) is 39.2 Å². The number of nitrogens with two attached hydrogens (primary N) is 1. The monoisotopic (exact) mass is 269 g/mol. The molecule has 1 heterocycles. The molecule has 78 valence electrons. The predicted octanol–water partition coefficient (Wildman–Crippen LogP) is 3.23. The van der Waals surface area contributed by atoms with Gasteiger partial charge in [-0.3, -0.25) is 0 Å². The van der Waals surface area contributed by atoms with Gasteiger partial charge in [0, 0.05) is 10.0 Å². The number of furan rings is 1. The molecule has 15 heavy (non-hydrogen) atoms. The van der Waals surface area contributed by atoms with E-state index in [1.54, 1.807) is 24.7 Å². The molecule has 4 heteroatoms. The van der Waals surface area contributed by atoms with Crippen molar-refractivity contribution in [1.29, 1.82) is 0 Å². The molecule has 0 amide bonds. The van der Waals surface area contributed by atoms with E-state index in [-0.39, 0.29) is 11.9 Å². The molecule has 1 aromatic carbocycles. The van der Waals surface area contributed by atoms with Crippen LogP contribution in [0.4, 0.5) is 4.39 Å². The highest BCUT2D eigenvalue weighted by atomic mass is 79.9. The Morgan fingerprint density at radius 3 is 2.80 bits per heavy atom. The molecule has 0 spiro atoms. The Morgan fingerprint density at radius 2 is 2.13 bits per heavy atom. The second-order valence-electron chi connectivity index (χ2n) is 3.20. The second-order valence-corrected chi connectivity index (χ2v) is 4.05. The summed E-state index contributed by atoms with van der Waals surface area (Å²) in [5.41, 5.74) is 7.50. The van der Waals surface area contributed by atoms with Gasteiger partial charge in [-0.15, -0.1) is 0 Å². The first-order chi connectivity index (χ1) is 7.18. The minimum absolute atomic E-state index is 0.299. The maximum absolute atomic E-state index is 13.0. The first-order valence-electron chi connectivity index (χ1n) is 4.41. The first-order valence-corrected chi connectivity index (χ1v) is 5.20. The van der Waals surface area contributed by atoms with Crippen LogP contribution in [0, 0.1) is 5.82 Å². The average molecular weight is 270 g/mol. The Hall–Kier alpha value is -1.13. The maximum atomic E-state index is 13.0. The molecule has 2 nitrogen and oxygen atoms in total. The molecule has 2 rings (SSSR count). The Morgan fingerprint density at radius 1 is 1.33 bits per heavy atom. The molecule has 1 unspecified atom stereocenters. The summed E-state index contributed by atoms with van der Waals surface area (Å²) in [6, 6.07) is 5.83. The fourth-order valence-corrected chi connectivity index (χ4v) is 1.88. The molecule has 2 N–H and O–H groups in total. The second kappa shape index (κ2) is 4.16. The van der Waals surface area contributed by atoms with Crippen molar-refractivity contribution in [2.24, 2.45) is 5.73 Å². The van der Waals surface area contributed by atoms with Crippen LogP contribution in [-0.4, -0.2) is 0 Å². The molecule has 2 aromatic rings. The van der Waals surface area contributed by atoms with Crippen molar-refractivity contribution in [1.82, 2.24) is 0 Å². The zero-order valence-corrected chi connectivity index (χ0v) is 9.37. The van der Waals surface area contributed by atoms with Gasteiger partial charge < -0.3 is 10.2 Å². The molecule has 0 saturated heterocycles. The third kappa shape index (κ3) is 2.11. The van der Waals surface area contributed by atoms with Gasteiger partial charge in [0.2, 0.25) is 0 Å². The number of halogens is 2. The van der Waals surface area contributed by atoms with E-state index in [0.717, 1.165) is 10.0 Å². The van der Waals surface area contributed by atoms with Crippen LogP contribution in [0.2, 0.25) is 0 Å². The zero-order valence-electron chi connectivity index (χ0n) is 7.78. The van der Waals surface area contributed by atoms with Gasteiger partial charge in [-0.2, -0.15) is 0 Å². The van der Waals surface area contributed by atoms with Gasteiger partial charge in [-0.05, 0) is 29.8 Å². The minimum atomic E-state index is -0.381. The lowest BCUT2D eigenvalue weighted by Crippen LogP contribution is -2.11. The van der Waals surface area contributed by atoms with Crippen LogP contribution in [0.1, 0.15) is 17.2 Å². The molecule has 0 radical (unpaired) electrons. The number of rotatable bonds is 2. The van der Waals surface area contributed by atoms with Crippen LogP contribution in [0.15, 0.2) is 45.7 Å². The van der Waals surface area contributed by atoms with E-state index in [2.05, 4.69) is 15.9 Å². The summed E-state index contributed by atoms with van der Waals surface area (Å²) in [4.78, 5) is 0. The van der Waals surface area contributed by atoms with Crippen molar-refractivity contribution in [2.45, 2.75) is 6.04 Å². The standard InChI is InChI=1S/C11H9BrFNO/c12-10-2-1-8(13)5-9(10)11(14)7-3-4-15-6-7/h1-6,11H,14H2. The van der Waals surface area contributed by atoms with Gasteiger partial charge in [0.15, 0.2) is 0 Å². The van der Waals surface area contributed by atoms with Gasteiger partial charge >= 0.3 is 0 Å². The molecule has 0 saturated carbocycles. The van der Waals surface area contributed by atoms with Gasteiger partial charge in [-0.25, -0.2) is 4.39 Å². The van der Waals surface area contributed by atoms with Gasteiger partial charge in [0.25, 0.3) is 0 Å². The molecular formula is C11H9BrFNO. The quantitative estimate of drug-likeness (QED) is 0.909. The average Bonchev–Trinajstić information content (AvgIpc) is 2.74. The SMILES string of the molecule is NC(c1ccoc1)c1cc(F)ccc1Br. The molecule has 1 aromatic heterocycles. The molecule has 0 aliphatic heterocycles. The minimum Gasteiger partial charge on any atom is -0.472 e. The lowest BCUT2D eigenvalue weighted by atomic mass is 10.0. The van der Waals surface area contributed by atoms with Crippen molar-refractivity contribution in [3.63, 3.8) is 0 Å². The summed E-state index contributed by atoms with van der Waals surface area (Å²) < 4.78 is 18.8. The molecule has 1 atom stereocenters. The van der Waals surface area contributed by atoms with Crippen LogP contribution in [0.5, 0.6) is 0 Å². The molecule has 0 fully saturated rings.